The van der Waals surface area contributed by atoms with Crippen LogP contribution in [0.4, 0.5) is 0 Å². The highest BCUT2D eigenvalue weighted by Crippen LogP contribution is 2.52. The van der Waals surface area contributed by atoms with Crippen LogP contribution in [-0.4, -0.2) is 50.0 Å². The molecule has 0 aromatic heterocycles. The van der Waals surface area contributed by atoms with E-state index in [4.69, 9.17) is 9.47 Å². The van der Waals surface area contributed by atoms with Gasteiger partial charge in [-0.05, 0) is 31.0 Å². The molecule has 27 heavy (non-hydrogen) atoms. The molecule has 0 spiro atoms. The first kappa shape index (κ1) is 22.2. The number of nitrogens with zero attached hydrogens (tertiary/aromatic N) is 1. The fourth-order valence-electron chi connectivity index (χ4n) is 4.22. The third-order valence-corrected chi connectivity index (χ3v) is 5.64. The highest BCUT2D eigenvalue weighted by atomic mass is 127. The maximum atomic E-state index is 10.5. The number of hydrogen-bond acceptors (Lipinski definition) is 4. The molecule has 3 N–H and O–H groups in total. The fourth-order valence-corrected chi connectivity index (χ4v) is 4.22. The maximum Gasteiger partial charge on any atom is 0.191 e. The molecule has 1 aromatic carbocycles. The van der Waals surface area contributed by atoms with Crippen LogP contribution in [0.25, 0.3) is 0 Å². The smallest absolute Gasteiger partial charge is 0.191 e. The van der Waals surface area contributed by atoms with Crippen LogP contribution >= 0.6 is 24.0 Å². The molecule has 1 heterocycles. The number of rotatable bonds is 6. The van der Waals surface area contributed by atoms with Crippen LogP contribution in [0.3, 0.4) is 0 Å². The van der Waals surface area contributed by atoms with Crippen LogP contribution in [0.1, 0.15) is 38.9 Å². The third-order valence-electron chi connectivity index (χ3n) is 5.64. The van der Waals surface area contributed by atoms with Gasteiger partial charge in [0.25, 0.3) is 0 Å². The van der Waals surface area contributed by atoms with Crippen molar-refractivity contribution in [2.45, 2.75) is 45.4 Å². The number of methoxy groups -OCH3 is 1. The molecule has 7 heteroatoms. The van der Waals surface area contributed by atoms with Crippen LogP contribution in [-0.2, 0) is 4.74 Å². The van der Waals surface area contributed by atoms with Crippen molar-refractivity contribution < 1.29 is 14.6 Å². The van der Waals surface area contributed by atoms with Crippen LogP contribution in [0.15, 0.2) is 29.3 Å². The van der Waals surface area contributed by atoms with E-state index >= 15 is 0 Å². The molecule has 0 bridgehead atoms. The van der Waals surface area contributed by atoms with Crippen molar-refractivity contribution in [3.05, 3.63) is 29.8 Å². The first-order valence-electron chi connectivity index (χ1n) is 9.45. The molecular formula is C20H32IN3O3. The summed E-state index contributed by atoms with van der Waals surface area (Å²) in [6.07, 6.45) is 0.764. The van der Waals surface area contributed by atoms with Gasteiger partial charge < -0.3 is 25.2 Å². The molecule has 1 aliphatic heterocycles. The van der Waals surface area contributed by atoms with Crippen molar-refractivity contribution in [2.24, 2.45) is 16.3 Å². The standard InChI is InChI=1S/C20H31N3O3.HI/c1-5-21-19(23-17-15-9-10-26-18(15)20(17,2)3)22-12-16(24)13-7-6-8-14(11-13)25-4;/h6-8,11,15-18,24H,5,9-10,12H2,1-4H3,(H2,21,22,23);1H. The summed E-state index contributed by atoms with van der Waals surface area (Å²) in [5.41, 5.74) is 0.889. The second kappa shape index (κ2) is 9.43. The Morgan fingerprint density at radius 3 is 2.93 bits per heavy atom. The van der Waals surface area contributed by atoms with E-state index in [0.29, 0.717) is 24.6 Å². The summed E-state index contributed by atoms with van der Waals surface area (Å²) in [6.45, 7) is 8.44. The Morgan fingerprint density at radius 1 is 1.44 bits per heavy atom. The predicted molar refractivity (Wildman–Crippen MR) is 118 cm³/mol. The molecule has 1 aliphatic carbocycles. The van der Waals surface area contributed by atoms with Gasteiger partial charge in [0.05, 0.1) is 25.9 Å². The lowest BCUT2D eigenvalue weighted by molar-refractivity contribution is -0.106. The van der Waals surface area contributed by atoms with Gasteiger partial charge >= 0.3 is 0 Å². The lowest BCUT2D eigenvalue weighted by atomic mass is 9.57. The van der Waals surface area contributed by atoms with E-state index in [-0.39, 0.29) is 29.4 Å². The number of nitrogens with one attached hydrogen (secondary N) is 2. The Morgan fingerprint density at radius 2 is 2.22 bits per heavy atom. The van der Waals surface area contributed by atoms with Crippen LogP contribution in [0, 0.1) is 11.3 Å². The zero-order valence-electron chi connectivity index (χ0n) is 16.6. The van der Waals surface area contributed by atoms with Crippen molar-refractivity contribution in [3.8, 4) is 5.75 Å². The number of halogens is 1. The van der Waals surface area contributed by atoms with Crippen LogP contribution in [0.2, 0.25) is 0 Å². The van der Waals surface area contributed by atoms with E-state index in [1.54, 1.807) is 7.11 Å². The number of guanidine groups is 1. The summed E-state index contributed by atoms with van der Waals surface area (Å²) in [7, 11) is 1.62. The number of hydrogen-bond donors (Lipinski definition) is 3. The molecule has 0 radical (unpaired) electrons. The Labute approximate surface area is 179 Å². The Hall–Kier alpha value is -1.06. The second-order valence-electron chi connectivity index (χ2n) is 7.70. The molecule has 3 rings (SSSR count). The minimum atomic E-state index is -0.669. The van der Waals surface area contributed by atoms with Crippen molar-refractivity contribution in [1.82, 2.24) is 10.6 Å². The van der Waals surface area contributed by atoms with E-state index < -0.39 is 6.10 Å². The molecule has 1 saturated heterocycles. The zero-order chi connectivity index (χ0) is 18.7. The van der Waals surface area contributed by atoms with Crippen LogP contribution in [0.5, 0.6) is 5.75 Å². The number of aliphatic imine (C=N–C) groups is 1. The van der Waals surface area contributed by atoms with Crippen molar-refractivity contribution in [1.29, 1.82) is 0 Å². The number of aliphatic hydroxyl groups excluding tert-OH is 1. The molecule has 1 aromatic rings. The van der Waals surface area contributed by atoms with Gasteiger partial charge in [-0.2, -0.15) is 0 Å². The Balaban J connectivity index is 0.00000261. The van der Waals surface area contributed by atoms with Gasteiger partial charge in [-0.15, -0.1) is 24.0 Å². The third kappa shape index (κ3) is 4.68. The van der Waals surface area contributed by atoms with Gasteiger partial charge in [0.15, 0.2) is 5.96 Å². The fraction of sp³-hybridized carbons (Fsp3) is 0.650. The molecule has 152 valence electrons. The number of aliphatic hydroxyl groups is 1. The monoisotopic (exact) mass is 489 g/mol. The SMILES string of the molecule is CCNC(=NCC(O)c1cccc(OC)c1)NC1C2CCOC2C1(C)C.I. The molecule has 4 unspecified atom stereocenters. The van der Waals surface area contributed by atoms with E-state index in [1.807, 2.05) is 31.2 Å². The molecule has 2 aliphatic rings. The Bertz CT molecular complexity index is 653. The van der Waals surface area contributed by atoms with Gasteiger partial charge in [0.2, 0.25) is 0 Å². The normalized spacial score (nSPS) is 27.0. The van der Waals surface area contributed by atoms with Crippen molar-refractivity contribution in [2.75, 3.05) is 26.8 Å². The van der Waals surface area contributed by atoms with Gasteiger partial charge in [0.1, 0.15) is 5.75 Å². The average Bonchev–Trinajstić information content (AvgIpc) is 3.10. The average molecular weight is 489 g/mol. The lowest BCUT2D eigenvalue weighted by Gasteiger charge is -2.54. The topological polar surface area (TPSA) is 75.1 Å². The molecule has 6 nitrogen and oxygen atoms in total. The molecular weight excluding hydrogens is 457 g/mol. The minimum Gasteiger partial charge on any atom is -0.497 e. The largest absolute Gasteiger partial charge is 0.497 e. The van der Waals surface area contributed by atoms with Crippen molar-refractivity contribution in [3.63, 3.8) is 0 Å². The van der Waals surface area contributed by atoms with Gasteiger partial charge in [-0.3, -0.25) is 4.99 Å². The molecule has 2 fully saturated rings. The quantitative estimate of drug-likeness (QED) is 0.326. The van der Waals surface area contributed by atoms with Gasteiger partial charge in [0, 0.05) is 30.5 Å². The predicted octanol–water partition coefficient (Wildman–Crippen LogP) is 2.72. The number of benzene rings is 1. The molecule has 4 atom stereocenters. The highest BCUT2D eigenvalue weighted by molar-refractivity contribution is 14.0. The lowest BCUT2D eigenvalue weighted by Crippen LogP contribution is -2.68. The van der Waals surface area contributed by atoms with E-state index in [2.05, 4.69) is 29.5 Å². The Kier molecular flexibility index (Phi) is 7.76. The summed E-state index contributed by atoms with van der Waals surface area (Å²) >= 11 is 0. The molecule has 1 saturated carbocycles. The minimum absolute atomic E-state index is 0. The zero-order valence-corrected chi connectivity index (χ0v) is 18.9. The summed E-state index contributed by atoms with van der Waals surface area (Å²) in [5, 5.41) is 17.3. The number of fused-ring (bicyclic) bond motifs is 1. The second-order valence-corrected chi connectivity index (χ2v) is 7.70. The summed E-state index contributed by atoms with van der Waals surface area (Å²) in [4.78, 5) is 4.61. The number of ether oxygens (including phenoxy) is 2. The van der Waals surface area contributed by atoms with E-state index in [1.165, 1.54) is 0 Å². The molecule has 0 amide bonds. The van der Waals surface area contributed by atoms with E-state index in [0.717, 1.165) is 36.8 Å². The summed E-state index contributed by atoms with van der Waals surface area (Å²) in [6, 6.07) is 7.81. The summed E-state index contributed by atoms with van der Waals surface area (Å²) in [5.74, 6) is 2.02. The summed E-state index contributed by atoms with van der Waals surface area (Å²) < 4.78 is 11.1. The van der Waals surface area contributed by atoms with Crippen molar-refractivity contribution >= 4 is 29.9 Å². The van der Waals surface area contributed by atoms with Crippen LogP contribution < -0.4 is 15.4 Å². The van der Waals surface area contributed by atoms with E-state index in [9.17, 15) is 5.11 Å². The first-order valence-corrected chi connectivity index (χ1v) is 9.45. The van der Waals surface area contributed by atoms with Gasteiger partial charge in [-0.1, -0.05) is 26.0 Å². The highest BCUT2D eigenvalue weighted by Gasteiger charge is 2.59. The first-order chi connectivity index (χ1) is 12.5. The maximum absolute atomic E-state index is 10.5. The van der Waals surface area contributed by atoms with Gasteiger partial charge in [-0.25, -0.2) is 0 Å².